The fourth-order valence-corrected chi connectivity index (χ4v) is 4.64. The SMILES string of the molecule is CCc1ccccc1Nc1nc2ccccc2nc1NS(=O)(=O)c1ccc2c(c1)OCCO2. The molecule has 33 heavy (non-hydrogen) atoms. The van der Waals surface area contributed by atoms with Gasteiger partial charge >= 0.3 is 0 Å². The van der Waals surface area contributed by atoms with E-state index in [9.17, 15) is 8.42 Å². The summed E-state index contributed by atoms with van der Waals surface area (Å²) in [6.07, 6.45) is 0.808. The predicted octanol–water partition coefficient (Wildman–Crippen LogP) is 4.51. The third-order valence-electron chi connectivity index (χ3n) is 5.28. The van der Waals surface area contributed by atoms with Crippen LogP contribution in [0.1, 0.15) is 12.5 Å². The van der Waals surface area contributed by atoms with Gasteiger partial charge < -0.3 is 14.8 Å². The van der Waals surface area contributed by atoms with Crippen molar-refractivity contribution in [1.29, 1.82) is 0 Å². The van der Waals surface area contributed by atoms with Crippen LogP contribution in [0, 0.1) is 0 Å². The Balaban J connectivity index is 1.56. The predicted molar refractivity (Wildman–Crippen MR) is 127 cm³/mol. The topological polar surface area (TPSA) is 102 Å². The Morgan fingerprint density at radius 1 is 0.848 bits per heavy atom. The van der Waals surface area contributed by atoms with Crippen LogP contribution < -0.4 is 19.5 Å². The molecule has 0 spiro atoms. The number of hydrogen-bond donors (Lipinski definition) is 2. The number of para-hydroxylation sites is 3. The number of aromatic nitrogens is 2. The van der Waals surface area contributed by atoms with Gasteiger partial charge in [-0.05, 0) is 42.3 Å². The maximum atomic E-state index is 13.2. The highest BCUT2D eigenvalue weighted by atomic mass is 32.2. The summed E-state index contributed by atoms with van der Waals surface area (Å²) in [6.45, 7) is 2.85. The van der Waals surface area contributed by atoms with Gasteiger partial charge in [0.1, 0.15) is 13.2 Å². The van der Waals surface area contributed by atoms with E-state index in [0.717, 1.165) is 17.7 Å². The fraction of sp³-hybridized carbons (Fsp3) is 0.167. The highest BCUT2D eigenvalue weighted by Crippen LogP contribution is 2.34. The van der Waals surface area contributed by atoms with Gasteiger partial charge in [0, 0.05) is 11.8 Å². The average Bonchev–Trinajstić information content (AvgIpc) is 2.84. The first kappa shape index (κ1) is 21.0. The van der Waals surface area contributed by atoms with Crippen molar-refractivity contribution in [3.8, 4) is 11.5 Å². The summed E-state index contributed by atoms with van der Waals surface area (Å²) in [7, 11) is -3.97. The summed E-state index contributed by atoms with van der Waals surface area (Å²) < 4.78 is 40.1. The third-order valence-corrected chi connectivity index (χ3v) is 6.61. The van der Waals surface area contributed by atoms with E-state index in [2.05, 4.69) is 26.9 Å². The van der Waals surface area contributed by atoms with E-state index >= 15 is 0 Å². The molecule has 4 aromatic rings. The number of aryl methyl sites for hydroxylation is 1. The maximum absolute atomic E-state index is 13.2. The standard InChI is InChI=1S/C24H22N4O4S/c1-2-16-7-3-4-8-18(16)25-23-24(27-20-10-6-5-9-19(20)26-23)28-33(29,30)17-11-12-21-22(15-17)32-14-13-31-21/h3-12,15H,2,13-14H2,1H3,(H,25,26)(H,27,28). The lowest BCUT2D eigenvalue weighted by atomic mass is 10.1. The minimum absolute atomic E-state index is 0.0432. The summed E-state index contributed by atoms with van der Waals surface area (Å²) in [5, 5.41) is 3.26. The summed E-state index contributed by atoms with van der Waals surface area (Å²) in [4.78, 5) is 9.25. The van der Waals surface area contributed by atoms with Crippen LogP contribution in [0.4, 0.5) is 17.3 Å². The minimum atomic E-state index is -3.97. The molecule has 0 unspecified atom stereocenters. The summed E-state index contributed by atoms with van der Waals surface area (Å²) >= 11 is 0. The molecular formula is C24H22N4O4S. The van der Waals surface area contributed by atoms with Gasteiger partial charge in [-0.15, -0.1) is 0 Å². The van der Waals surface area contributed by atoms with Gasteiger partial charge in [0.05, 0.1) is 15.9 Å². The molecular weight excluding hydrogens is 440 g/mol. The number of fused-ring (bicyclic) bond motifs is 2. The molecule has 0 saturated heterocycles. The molecule has 2 N–H and O–H groups in total. The second kappa shape index (κ2) is 8.59. The van der Waals surface area contributed by atoms with Gasteiger partial charge in [-0.3, -0.25) is 4.72 Å². The summed E-state index contributed by atoms with van der Waals surface area (Å²) in [5.41, 5.74) is 3.14. The van der Waals surface area contributed by atoms with Crippen molar-refractivity contribution < 1.29 is 17.9 Å². The first-order valence-corrected chi connectivity index (χ1v) is 12.1. The molecule has 0 fully saturated rings. The quantitative estimate of drug-likeness (QED) is 0.435. The molecule has 1 aliphatic heterocycles. The number of rotatable bonds is 6. The monoisotopic (exact) mass is 462 g/mol. The summed E-state index contributed by atoms with van der Waals surface area (Å²) in [6, 6.07) is 19.6. The van der Waals surface area contributed by atoms with Gasteiger partial charge in [0.15, 0.2) is 23.1 Å². The Hall–Kier alpha value is -3.85. The lowest BCUT2D eigenvalue weighted by molar-refractivity contribution is 0.171. The Morgan fingerprint density at radius 3 is 2.27 bits per heavy atom. The Morgan fingerprint density at radius 2 is 1.52 bits per heavy atom. The first-order valence-electron chi connectivity index (χ1n) is 10.6. The van der Waals surface area contributed by atoms with E-state index in [-0.39, 0.29) is 10.7 Å². The Bertz CT molecular complexity index is 1440. The van der Waals surface area contributed by atoms with Gasteiger partial charge in [-0.2, -0.15) is 0 Å². The first-order chi connectivity index (χ1) is 16.0. The largest absolute Gasteiger partial charge is 0.486 e. The zero-order chi connectivity index (χ0) is 22.8. The number of nitrogens with one attached hydrogen (secondary N) is 2. The second-order valence-corrected chi connectivity index (χ2v) is 9.14. The van der Waals surface area contributed by atoms with Crippen LogP contribution in [0.5, 0.6) is 11.5 Å². The molecule has 168 valence electrons. The van der Waals surface area contributed by atoms with Crippen molar-refractivity contribution >= 4 is 38.4 Å². The molecule has 0 bridgehead atoms. The molecule has 0 radical (unpaired) electrons. The van der Waals surface area contributed by atoms with Crippen LogP contribution in [0.15, 0.2) is 71.6 Å². The normalized spacial score (nSPS) is 13.0. The summed E-state index contributed by atoms with van der Waals surface area (Å²) in [5.74, 6) is 1.33. The number of ether oxygens (including phenoxy) is 2. The van der Waals surface area contributed by atoms with Crippen molar-refractivity contribution in [3.63, 3.8) is 0 Å². The number of sulfonamides is 1. The maximum Gasteiger partial charge on any atom is 0.263 e. The van der Waals surface area contributed by atoms with Crippen LogP contribution in [-0.2, 0) is 16.4 Å². The van der Waals surface area contributed by atoms with Crippen molar-refractivity contribution in [3.05, 3.63) is 72.3 Å². The smallest absolute Gasteiger partial charge is 0.263 e. The van der Waals surface area contributed by atoms with Gasteiger partial charge in [-0.1, -0.05) is 37.3 Å². The van der Waals surface area contributed by atoms with Gasteiger partial charge in [-0.25, -0.2) is 18.4 Å². The van der Waals surface area contributed by atoms with E-state index in [0.29, 0.717) is 41.6 Å². The zero-order valence-corrected chi connectivity index (χ0v) is 18.7. The van der Waals surface area contributed by atoms with Crippen molar-refractivity contribution in [2.24, 2.45) is 0 Å². The molecule has 1 aromatic heterocycles. The van der Waals surface area contributed by atoms with E-state index < -0.39 is 10.0 Å². The second-order valence-electron chi connectivity index (χ2n) is 7.46. The highest BCUT2D eigenvalue weighted by Gasteiger charge is 2.22. The van der Waals surface area contributed by atoms with E-state index in [4.69, 9.17) is 9.47 Å². The molecule has 1 aliphatic rings. The molecule has 0 aliphatic carbocycles. The average molecular weight is 463 g/mol. The van der Waals surface area contributed by atoms with Crippen LogP contribution in [0.25, 0.3) is 11.0 Å². The van der Waals surface area contributed by atoms with Crippen LogP contribution in [0.3, 0.4) is 0 Å². The van der Waals surface area contributed by atoms with E-state index in [1.165, 1.54) is 12.1 Å². The molecule has 8 nitrogen and oxygen atoms in total. The lowest BCUT2D eigenvalue weighted by Crippen LogP contribution is -2.18. The van der Waals surface area contributed by atoms with Crippen LogP contribution >= 0.6 is 0 Å². The Labute approximate surface area is 191 Å². The van der Waals surface area contributed by atoms with Crippen LogP contribution in [-0.4, -0.2) is 31.6 Å². The number of anilines is 3. The van der Waals surface area contributed by atoms with Gasteiger partial charge in [0.2, 0.25) is 0 Å². The zero-order valence-electron chi connectivity index (χ0n) is 17.9. The highest BCUT2D eigenvalue weighted by molar-refractivity contribution is 7.92. The van der Waals surface area contributed by atoms with Crippen molar-refractivity contribution in [1.82, 2.24) is 9.97 Å². The number of nitrogens with zero attached hydrogens (tertiary/aromatic N) is 2. The lowest BCUT2D eigenvalue weighted by Gasteiger charge is -2.19. The fourth-order valence-electron chi connectivity index (χ4n) is 3.61. The molecule has 0 atom stereocenters. The van der Waals surface area contributed by atoms with Crippen LogP contribution in [0.2, 0.25) is 0 Å². The molecule has 0 saturated carbocycles. The minimum Gasteiger partial charge on any atom is -0.486 e. The molecule has 3 aromatic carbocycles. The van der Waals surface area contributed by atoms with E-state index in [1.54, 1.807) is 12.1 Å². The molecule has 5 rings (SSSR count). The van der Waals surface area contributed by atoms with Crippen molar-refractivity contribution in [2.75, 3.05) is 23.3 Å². The Kier molecular flexibility index (Phi) is 5.47. The third kappa shape index (κ3) is 4.27. The molecule has 0 amide bonds. The molecule has 9 heteroatoms. The number of benzene rings is 3. The van der Waals surface area contributed by atoms with Crippen molar-refractivity contribution in [2.45, 2.75) is 18.2 Å². The van der Waals surface area contributed by atoms with E-state index in [1.807, 2.05) is 42.5 Å². The van der Waals surface area contributed by atoms with Gasteiger partial charge in [0.25, 0.3) is 10.0 Å². The molecule has 2 heterocycles. The number of hydrogen-bond acceptors (Lipinski definition) is 7.